The molecule has 0 aliphatic carbocycles. The van der Waals surface area contributed by atoms with E-state index in [1.54, 1.807) is 6.07 Å². The van der Waals surface area contributed by atoms with Gasteiger partial charge in [0, 0.05) is 0 Å². The molecule has 6 nitrogen and oxygen atoms in total. The van der Waals surface area contributed by atoms with Crippen LogP contribution in [0, 0.1) is 0 Å². The fourth-order valence-electron chi connectivity index (χ4n) is 0.891. The summed E-state index contributed by atoms with van der Waals surface area (Å²) in [6.07, 6.45) is -1.62. The van der Waals surface area contributed by atoms with Crippen molar-refractivity contribution < 1.29 is 25.2 Å². The smallest absolute Gasteiger partial charge is 0.652 e. The first kappa shape index (κ1) is 17.7. The van der Waals surface area contributed by atoms with Gasteiger partial charge in [-0.1, -0.05) is 6.07 Å². The van der Waals surface area contributed by atoms with Gasteiger partial charge < -0.3 is 31.0 Å². The van der Waals surface area contributed by atoms with Gasteiger partial charge in [-0.2, -0.15) is 0 Å². The molecule has 0 amide bonds. The molecule has 1 rings (SSSR count). The number of phenolic OH excluding ortho intramolecular Hbond substituents is 2. The fourth-order valence-corrected chi connectivity index (χ4v) is 0.891. The Kier molecular flexibility index (Phi) is 10.5. The molecule has 0 heterocycles. The Bertz CT molecular complexity index is 328. The zero-order valence-corrected chi connectivity index (χ0v) is 10.8. The number of benzene rings is 1. The van der Waals surface area contributed by atoms with Gasteiger partial charge >= 0.3 is 37.7 Å². The van der Waals surface area contributed by atoms with Gasteiger partial charge in [0.25, 0.3) is 0 Å². The number of hydrogen-bond acceptors (Lipinski definition) is 6. The number of nitrogens with two attached hydrogens (primary N) is 1. The van der Waals surface area contributed by atoms with Crippen LogP contribution in [0.4, 0.5) is 4.79 Å². The summed E-state index contributed by atoms with van der Waals surface area (Å²) < 4.78 is 0. The van der Waals surface area contributed by atoms with Crippen molar-refractivity contribution in [3.63, 3.8) is 0 Å². The molecule has 7 heteroatoms. The molecule has 84 valence electrons. The van der Waals surface area contributed by atoms with E-state index >= 15 is 0 Å². The summed E-state index contributed by atoms with van der Waals surface area (Å²) in [5.74, 6) is -0.179. The minimum absolute atomic E-state index is 0. The summed E-state index contributed by atoms with van der Waals surface area (Å²) in [5, 5.41) is 34.6. The van der Waals surface area contributed by atoms with Crippen LogP contribution >= 0.6 is 0 Å². The van der Waals surface area contributed by atoms with E-state index in [4.69, 9.17) is 31.0 Å². The van der Waals surface area contributed by atoms with E-state index in [0.29, 0.717) is 13.0 Å². The normalized spacial score (nSPS) is 8.31. The maximum atomic E-state index is 9.04. The number of phenols is 2. The minimum Gasteiger partial charge on any atom is -0.652 e. The Morgan fingerprint density at radius 3 is 2.12 bits per heavy atom. The van der Waals surface area contributed by atoms with Crippen molar-refractivity contribution in [2.75, 3.05) is 6.54 Å². The Morgan fingerprint density at radius 1 is 1.25 bits per heavy atom. The molecule has 0 aromatic heterocycles. The maximum Gasteiger partial charge on any atom is 2.00 e. The number of carboxylic acid groups (broad SMARTS) is 2. The van der Waals surface area contributed by atoms with Gasteiger partial charge in [-0.3, -0.25) is 0 Å². The Labute approximate surface area is 122 Å². The molecular formula is C9H11CaNO5. The molecule has 0 aliphatic heterocycles. The predicted molar refractivity (Wildman–Crippen MR) is 53.7 cm³/mol. The summed E-state index contributed by atoms with van der Waals surface area (Å²) in [4.78, 5) is 8.33. The molecule has 1 aromatic carbocycles. The van der Waals surface area contributed by atoms with Crippen LogP contribution in [-0.4, -0.2) is 60.7 Å². The Morgan fingerprint density at radius 2 is 1.75 bits per heavy atom. The summed E-state index contributed by atoms with van der Waals surface area (Å²) in [5.41, 5.74) is 6.24. The summed E-state index contributed by atoms with van der Waals surface area (Å²) >= 11 is 0. The van der Waals surface area contributed by atoms with Gasteiger partial charge in [-0.15, -0.1) is 0 Å². The first-order valence-corrected chi connectivity index (χ1v) is 4.06. The van der Waals surface area contributed by atoms with Crippen LogP contribution in [0.1, 0.15) is 5.56 Å². The molecule has 0 aliphatic rings. The van der Waals surface area contributed by atoms with Crippen LogP contribution in [0.5, 0.6) is 11.5 Å². The van der Waals surface area contributed by atoms with Crippen LogP contribution in [0.3, 0.4) is 0 Å². The topological polar surface area (TPSA) is 130 Å². The third-order valence-corrected chi connectivity index (χ3v) is 1.47. The van der Waals surface area contributed by atoms with Gasteiger partial charge in [0.05, 0.1) is 0 Å². The molecule has 0 saturated heterocycles. The van der Waals surface area contributed by atoms with Gasteiger partial charge in [0.15, 0.2) is 11.5 Å². The van der Waals surface area contributed by atoms with E-state index in [0.717, 1.165) is 5.56 Å². The monoisotopic (exact) mass is 253 g/mol. The van der Waals surface area contributed by atoms with Gasteiger partial charge in [-0.05, 0) is 36.8 Å². The molecular weight excluding hydrogens is 242 g/mol. The van der Waals surface area contributed by atoms with Crippen molar-refractivity contribution in [2.24, 2.45) is 5.73 Å². The number of carbonyl (C=O) groups excluding carboxylic acids is 1. The standard InChI is InChI=1S/C8H11NO2.CH2O3.Ca/c9-4-3-6-1-2-7(10)8(11)5-6;2-1(3)4;/h1-2,5,10-11H,3-4,9H2;(H2,2,3,4);/q;;+2/p-2. The minimum atomic E-state index is -2.33. The molecule has 0 unspecified atom stereocenters. The second-order valence-electron chi connectivity index (χ2n) is 2.61. The fraction of sp³-hybridized carbons (Fsp3) is 0.222. The van der Waals surface area contributed by atoms with Crippen LogP contribution < -0.4 is 15.9 Å². The summed E-state index contributed by atoms with van der Waals surface area (Å²) in [7, 11) is 0. The van der Waals surface area contributed by atoms with Crippen LogP contribution in [0.15, 0.2) is 18.2 Å². The number of carbonyl (C=O) groups is 1. The molecule has 0 spiro atoms. The summed E-state index contributed by atoms with van der Waals surface area (Å²) in [6, 6.07) is 4.71. The molecule has 1 aromatic rings. The van der Waals surface area contributed by atoms with Crippen LogP contribution in [-0.2, 0) is 6.42 Å². The van der Waals surface area contributed by atoms with Crippen LogP contribution in [0.25, 0.3) is 0 Å². The van der Waals surface area contributed by atoms with Crippen molar-refractivity contribution in [3.8, 4) is 11.5 Å². The molecule has 0 fully saturated rings. The number of hydrogen-bond donors (Lipinski definition) is 3. The predicted octanol–water partition coefficient (Wildman–Crippen LogP) is -2.23. The molecule has 4 N–H and O–H groups in total. The van der Waals surface area contributed by atoms with Crippen molar-refractivity contribution >= 4 is 43.9 Å². The molecule has 0 radical (unpaired) electrons. The number of aromatic hydroxyl groups is 2. The van der Waals surface area contributed by atoms with E-state index in [1.807, 2.05) is 0 Å². The average molecular weight is 253 g/mol. The van der Waals surface area contributed by atoms with E-state index in [2.05, 4.69) is 0 Å². The van der Waals surface area contributed by atoms with E-state index in [1.165, 1.54) is 12.1 Å². The van der Waals surface area contributed by atoms with Crippen molar-refractivity contribution in [1.29, 1.82) is 0 Å². The third-order valence-electron chi connectivity index (χ3n) is 1.47. The largest absolute Gasteiger partial charge is 2.00 e. The molecule has 16 heavy (non-hydrogen) atoms. The first-order valence-electron chi connectivity index (χ1n) is 4.06. The van der Waals surface area contributed by atoms with E-state index < -0.39 is 6.16 Å². The van der Waals surface area contributed by atoms with Crippen molar-refractivity contribution in [3.05, 3.63) is 23.8 Å². The Hall–Kier alpha value is -0.690. The average Bonchev–Trinajstić information content (AvgIpc) is 2.11. The molecule has 0 atom stereocenters. The van der Waals surface area contributed by atoms with Crippen molar-refractivity contribution in [2.45, 2.75) is 6.42 Å². The zero-order chi connectivity index (χ0) is 11.8. The van der Waals surface area contributed by atoms with E-state index in [-0.39, 0.29) is 49.2 Å². The third kappa shape index (κ3) is 8.60. The summed E-state index contributed by atoms with van der Waals surface area (Å²) in [6.45, 7) is 0.546. The van der Waals surface area contributed by atoms with Crippen LogP contribution in [0.2, 0.25) is 0 Å². The second-order valence-corrected chi connectivity index (χ2v) is 2.61. The Balaban J connectivity index is 0. The number of rotatable bonds is 2. The molecule has 0 bridgehead atoms. The molecule has 0 saturated carbocycles. The van der Waals surface area contributed by atoms with E-state index in [9.17, 15) is 0 Å². The second kappa shape index (κ2) is 9.53. The van der Waals surface area contributed by atoms with Gasteiger partial charge in [0.1, 0.15) is 0 Å². The van der Waals surface area contributed by atoms with Crippen molar-refractivity contribution in [1.82, 2.24) is 0 Å². The SMILES string of the molecule is NCCc1ccc(O)c(O)c1.O=C([O-])[O-].[Ca+2]. The van der Waals surface area contributed by atoms with Gasteiger partial charge in [0.2, 0.25) is 0 Å². The first-order chi connectivity index (χ1) is 6.97. The van der Waals surface area contributed by atoms with Gasteiger partial charge in [-0.25, -0.2) is 0 Å². The quantitative estimate of drug-likeness (QED) is 0.404. The zero-order valence-electron chi connectivity index (χ0n) is 8.55. The maximum absolute atomic E-state index is 9.04.